The standard InChI is InChI=1S/C20H17Cl2NO5S/c21-14-3-7-16(8-4-14)28-13-20(24)23-12-19(18-2-1-11-27-18)29(25,26)17-9-5-15(22)6-10-17/h1-11,19H,12-13H2,(H,23,24)/t19-/m0/s1. The maximum Gasteiger partial charge on any atom is 0.257 e. The first-order chi connectivity index (χ1) is 13.9. The Morgan fingerprint density at radius 3 is 2.21 bits per heavy atom. The molecular weight excluding hydrogens is 437 g/mol. The molecule has 0 unspecified atom stereocenters. The monoisotopic (exact) mass is 453 g/mol. The van der Waals surface area contributed by atoms with Gasteiger partial charge in [-0.2, -0.15) is 0 Å². The minimum Gasteiger partial charge on any atom is -0.484 e. The molecule has 0 aliphatic rings. The number of furan rings is 1. The van der Waals surface area contributed by atoms with Crippen LogP contribution in [0, 0.1) is 0 Å². The van der Waals surface area contributed by atoms with Gasteiger partial charge in [-0.05, 0) is 60.7 Å². The van der Waals surface area contributed by atoms with Crippen LogP contribution in [0.15, 0.2) is 76.2 Å². The number of carbonyl (C=O) groups excluding carboxylic acids is 1. The summed E-state index contributed by atoms with van der Waals surface area (Å²) < 4.78 is 36.8. The molecule has 1 atom stereocenters. The summed E-state index contributed by atoms with van der Waals surface area (Å²) in [7, 11) is -3.83. The fourth-order valence-electron chi connectivity index (χ4n) is 2.56. The van der Waals surface area contributed by atoms with Crippen molar-refractivity contribution in [1.29, 1.82) is 0 Å². The minimum atomic E-state index is -3.83. The lowest BCUT2D eigenvalue weighted by Gasteiger charge is -2.17. The molecule has 0 aliphatic carbocycles. The van der Waals surface area contributed by atoms with Crippen LogP contribution in [-0.4, -0.2) is 27.5 Å². The molecular formula is C20H17Cl2NO5S. The number of halogens is 2. The number of benzene rings is 2. The Morgan fingerprint density at radius 2 is 1.62 bits per heavy atom. The molecule has 3 aromatic rings. The van der Waals surface area contributed by atoms with Crippen LogP contribution in [0.5, 0.6) is 5.75 Å². The van der Waals surface area contributed by atoms with Crippen molar-refractivity contribution in [3.05, 3.63) is 82.7 Å². The van der Waals surface area contributed by atoms with Gasteiger partial charge in [0.1, 0.15) is 16.8 Å². The predicted octanol–water partition coefficient (Wildman–Crippen LogP) is 4.30. The van der Waals surface area contributed by atoms with E-state index in [1.165, 1.54) is 30.5 Å². The van der Waals surface area contributed by atoms with Crippen molar-refractivity contribution in [3.8, 4) is 5.75 Å². The first kappa shape index (κ1) is 21.2. The molecule has 1 aromatic heterocycles. The van der Waals surface area contributed by atoms with Crippen LogP contribution in [0.25, 0.3) is 0 Å². The van der Waals surface area contributed by atoms with Gasteiger partial charge in [0.15, 0.2) is 16.4 Å². The molecule has 1 N–H and O–H groups in total. The van der Waals surface area contributed by atoms with Crippen molar-refractivity contribution in [3.63, 3.8) is 0 Å². The second-order valence-electron chi connectivity index (χ2n) is 6.05. The van der Waals surface area contributed by atoms with Gasteiger partial charge in [-0.1, -0.05) is 23.2 Å². The van der Waals surface area contributed by atoms with Gasteiger partial charge in [0, 0.05) is 16.6 Å². The summed E-state index contributed by atoms with van der Waals surface area (Å²) in [4.78, 5) is 12.2. The smallest absolute Gasteiger partial charge is 0.257 e. The number of nitrogens with one attached hydrogen (secondary N) is 1. The van der Waals surface area contributed by atoms with Crippen LogP contribution in [0.4, 0.5) is 0 Å². The molecule has 0 fully saturated rings. The van der Waals surface area contributed by atoms with Gasteiger partial charge in [-0.25, -0.2) is 8.42 Å². The van der Waals surface area contributed by atoms with Crippen molar-refractivity contribution in [2.45, 2.75) is 10.1 Å². The molecule has 0 aliphatic heterocycles. The number of ether oxygens (including phenoxy) is 1. The molecule has 9 heteroatoms. The van der Waals surface area contributed by atoms with Crippen LogP contribution in [0.2, 0.25) is 10.0 Å². The highest BCUT2D eigenvalue weighted by molar-refractivity contribution is 7.91. The van der Waals surface area contributed by atoms with Gasteiger partial charge in [0.25, 0.3) is 5.91 Å². The van der Waals surface area contributed by atoms with E-state index in [0.29, 0.717) is 15.8 Å². The van der Waals surface area contributed by atoms with Crippen LogP contribution in [0.1, 0.15) is 11.0 Å². The number of hydrogen-bond acceptors (Lipinski definition) is 5. The first-order valence-electron chi connectivity index (χ1n) is 8.54. The van der Waals surface area contributed by atoms with Gasteiger partial charge in [0.2, 0.25) is 0 Å². The third kappa shape index (κ3) is 5.53. The van der Waals surface area contributed by atoms with Crippen molar-refractivity contribution in [2.24, 2.45) is 0 Å². The summed E-state index contributed by atoms with van der Waals surface area (Å²) in [6.45, 7) is -0.450. The number of amides is 1. The fraction of sp³-hybridized carbons (Fsp3) is 0.150. The lowest BCUT2D eigenvalue weighted by Crippen LogP contribution is -2.34. The van der Waals surface area contributed by atoms with Crippen LogP contribution in [-0.2, 0) is 14.6 Å². The van der Waals surface area contributed by atoms with E-state index >= 15 is 0 Å². The van der Waals surface area contributed by atoms with Gasteiger partial charge < -0.3 is 14.5 Å². The van der Waals surface area contributed by atoms with E-state index < -0.39 is 21.0 Å². The van der Waals surface area contributed by atoms with Crippen molar-refractivity contribution >= 4 is 38.9 Å². The van der Waals surface area contributed by atoms with Crippen molar-refractivity contribution in [1.82, 2.24) is 5.32 Å². The Labute approximate surface area is 178 Å². The average Bonchev–Trinajstić information content (AvgIpc) is 3.22. The Kier molecular flexibility index (Phi) is 6.84. The van der Waals surface area contributed by atoms with E-state index in [-0.39, 0.29) is 23.8 Å². The lowest BCUT2D eigenvalue weighted by atomic mass is 10.3. The quantitative estimate of drug-likeness (QED) is 0.549. The van der Waals surface area contributed by atoms with Crippen molar-refractivity contribution in [2.75, 3.05) is 13.2 Å². The molecule has 0 radical (unpaired) electrons. The zero-order valence-electron chi connectivity index (χ0n) is 15.0. The maximum atomic E-state index is 13.1. The molecule has 0 bridgehead atoms. The number of hydrogen-bond donors (Lipinski definition) is 1. The highest BCUT2D eigenvalue weighted by atomic mass is 35.5. The van der Waals surface area contributed by atoms with E-state index in [0.717, 1.165) is 0 Å². The number of carbonyl (C=O) groups is 1. The second kappa shape index (κ2) is 9.35. The Morgan fingerprint density at radius 1 is 1.00 bits per heavy atom. The van der Waals surface area contributed by atoms with Gasteiger partial charge in [-0.3, -0.25) is 4.79 Å². The maximum absolute atomic E-state index is 13.1. The van der Waals surface area contributed by atoms with Crippen molar-refractivity contribution < 1.29 is 22.4 Å². The molecule has 1 amide bonds. The average molecular weight is 454 g/mol. The van der Waals surface area contributed by atoms with E-state index in [4.69, 9.17) is 32.4 Å². The number of sulfone groups is 1. The fourth-order valence-corrected chi connectivity index (χ4v) is 4.40. The third-order valence-corrected chi connectivity index (χ3v) is 6.63. The third-order valence-electron chi connectivity index (χ3n) is 4.05. The molecule has 3 rings (SSSR count). The molecule has 0 saturated heterocycles. The van der Waals surface area contributed by atoms with Crippen LogP contribution >= 0.6 is 23.2 Å². The Hall–Kier alpha value is -2.48. The summed E-state index contributed by atoms with van der Waals surface area (Å²) in [5.74, 6) is 0.225. The molecule has 1 heterocycles. The van der Waals surface area contributed by atoms with Crippen LogP contribution < -0.4 is 10.1 Å². The van der Waals surface area contributed by atoms with E-state index in [1.54, 1.807) is 36.4 Å². The molecule has 0 spiro atoms. The molecule has 0 saturated carbocycles. The van der Waals surface area contributed by atoms with E-state index in [9.17, 15) is 13.2 Å². The highest BCUT2D eigenvalue weighted by Gasteiger charge is 2.31. The van der Waals surface area contributed by atoms with Gasteiger partial charge >= 0.3 is 0 Å². The Bertz CT molecular complexity index is 1050. The normalized spacial score (nSPS) is 12.3. The highest BCUT2D eigenvalue weighted by Crippen LogP contribution is 2.29. The summed E-state index contributed by atoms with van der Waals surface area (Å²) >= 11 is 11.6. The summed E-state index contributed by atoms with van der Waals surface area (Å²) in [5, 5.41) is 2.46. The SMILES string of the molecule is O=C(COc1ccc(Cl)cc1)NC[C@@H](c1ccco1)S(=O)(=O)c1ccc(Cl)cc1. The second-order valence-corrected chi connectivity index (χ2v) is 9.05. The summed E-state index contributed by atoms with van der Waals surface area (Å²) in [6, 6.07) is 15.5. The largest absolute Gasteiger partial charge is 0.484 e. The minimum absolute atomic E-state index is 0.0787. The Balaban J connectivity index is 1.69. The van der Waals surface area contributed by atoms with Crippen LogP contribution in [0.3, 0.4) is 0 Å². The molecule has 2 aromatic carbocycles. The van der Waals surface area contributed by atoms with E-state index in [1.807, 2.05) is 0 Å². The topological polar surface area (TPSA) is 85.6 Å². The lowest BCUT2D eigenvalue weighted by molar-refractivity contribution is -0.123. The summed E-state index contributed by atoms with van der Waals surface area (Å²) in [6.07, 6.45) is 1.38. The summed E-state index contributed by atoms with van der Waals surface area (Å²) in [5.41, 5.74) is 0. The molecule has 152 valence electrons. The number of rotatable bonds is 8. The molecule has 6 nitrogen and oxygen atoms in total. The zero-order valence-corrected chi connectivity index (χ0v) is 17.4. The van der Waals surface area contributed by atoms with Gasteiger partial charge in [-0.15, -0.1) is 0 Å². The predicted molar refractivity (Wildman–Crippen MR) is 110 cm³/mol. The zero-order chi connectivity index (χ0) is 20.9. The molecule has 29 heavy (non-hydrogen) atoms. The van der Waals surface area contributed by atoms with Gasteiger partial charge in [0.05, 0.1) is 11.2 Å². The first-order valence-corrected chi connectivity index (χ1v) is 10.8. The van der Waals surface area contributed by atoms with E-state index in [2.05, 4.69) is 5.32 Å².